The second-order valence-corrected chi connectivity index (χ2v) is 10.3. The molecule has 1 amide bonds. The van der Waals surface area contributed by atoms with Crippen molar-refractivity contribution in [2.75, 3.05) is 11.9 Å². The molecular weight excluding hydrogens is 531 g/mol. The van der Waals surface area contributed by atoms with Gasteiger partial charge >= 0.3 is 6.18 Å². The third-order valence-corrected chi connectivity index (χ3v) is 7.33. The van der Waals surface area contributed by atoms with Crippen LogP contribution in [0.2, 0.25) is 10.0 Å². The van der Waals surface area contributed by atoms with Crippen LogP contribution in [0.15, 0.2) is 65.6 Å². The first-order valence-corrected chi connectivity index (χ1v) is 12.1. The van der Waals surface area contributed by atoms with Gasteiger partial charge in [0.05, 0.1) is 22.7 Å². The van der Waals surface area contributed by atoms with Crippen LogP contribution in [0.3, 0.4) is 0 Å². The van der Waals surface area contributed by atoms with E-state index in [0.29, 0.717) is 10.4 Å². The summed E-state index contributed by atoms with van der Waals surface area (Å²) >= 11 is 11.7. The summed E-state index contributed by atoms with van der Waals surface area (Å²) in [5, 5.41) is 1.79. The lowest BCUT2D eigenvalue weighted by Gasteiger charge is -2.23. The third kappa shape index (κ3) is 6.52. The topological polar surface area (TPSA) is 66.5 Å². The van der Waals surface area contributed by atoms with Gasteiger partial charge in [-0.2, -0.15) is 17.5 Å². The first-order chi connectivity index (χ1) is 16.3. The number of nitrogens with zero attached hydrogens (tertiary/aromatic N) is 1. The SMILES string of the molecule is Cc1ccc(S(=O)(=O)N(CC(=O)Nc2ccc(Cl)cc2C(F)(F)F)Cc2c(F)cccc2Cl)cc1. The molecule has 0 aliphatic heterocycles. The Balaban J connectivity index is 1.97. The number of benzene rings is 3. The van der Waals surface area contributed by atoms with E-state index in [1.165, 1.54) is 36.4 Å². The molecular formula is C23H18Cl2F4N2O3S. The van der Waals surface area contributed by atoms with Crippen LogP contribution in [0.4, 0.5) is 23.2 Å². The largest absolute Gasteiger partial charge is 0.418 e. The van der Waals surface area contributed by atoms with Crippen LogP contribution >= 0.6 is 23.2 Å². The van der Waals surface area contributed by atoms with Gasteiger partial charge in [0.1, 0.15) is 5.82 Å². The Hall–Kier alpha value is -2.66. The molecule has 0 saturated carbocycles. The van der Waals surface area contributed by atoms with E-state index in [-0.39, 0.29) is 20.5 Å². The summed E-state index contributed by atoms with van der Waals surface area (Å²) in [5.74, 6) is -1.89. The standard InChI is InChI=1S/C23H18Cl2F4N2O3S/c1-14-5-8-16(9-6-14)35(33,34)31(12-17-19(25)3-2-4-20(17)26)13-22(32)30-21-10-7-15(24)11-18(21)23(27,28)29/h2-11H,12-13H2,1H3,(H,30,32). The van der Waals surface area contributed by atoms with Crippen molar-refractivity contribution >= 4 is 44.8 Å². The average molecular weight is 549 g/mol. The molecule has 0 saturated heterocycles. The molecule has 0 aliphatic carbocycles. The Morgan fingerprint density at radius 2 is 1.69 bits per heavy atom. The number of hydrogen-bond donors (Lipinski definition) is 1. The monoisotopic (exact) mass is 548 g/mol. The number of amides is 1. The summed E-state index contributed by atoms with van der Waals surface area (Å²) in [6.45, 7) is 0.188. The van der Waals surface area contributed by atoms with Crippen LogP contribution in [0.5, 0.6) is 0 Å². The first kappa shape index (κ1) is 26.9. The molecule has 0 aliphatic rings. The Morgan fingerprint density at radius 3 is 2.29 bits per heavy atom. The highest BCUT2D eigenvalue weighted by molar-refractivity contribution is 7.89. The third-order valence-electron chi connectivity index (χ3n) is 4.94. The fourth-order valence-electron chi connectivity index (χ4n) is 3.15. The molecule has 5 nitrogen and oxygen atoms in total. The molecule has 3 aromatic rings. The normalized spacial score (nSPS) is 12.1. The predicted octanol–water partition coefficient (Wildman–Crippen LogP) is 6.29. The van der Waals surface area contributed by atoms with Gasteiger partial charge in [-0.05, 0) is 49.4 Å². The van der Waals surface area contributed by atoms with Gasteiger partial charge in [-0.3, -0.25) is 4.79 Å². The number of anilines is 1. The number of aryl methyl sites for hydroxylation is 1. The second kappa shape index (κ2) is 10.5. The molecule has 3 aromatic carbocycles. The molecule has 0 spiro atoms. The van der Waals surface area contributed by atoms with E-state index in [0.717, 1.165) is 23.8 Å². The van der Waals surface area contributed by atoms with Crippen molar-refractivity contribution in [1.82, 2.24) is 4.31 Å². The van der Waals surface area contributed by atoms with E-state index in [2.05, 4.69) is 5.32 Å². The quantitative estimate of drug-likeness (QED) is 0.353. The van der Waals surface area contributed by atoms with Crippen molar-refractivity contribution in [2.45, 2.75) is 24.5 Å². The Bertz CT molecular complexity index is 1330. The zero-order chi connectivity index (χ0) is 26.0. The number of alkyl halides is 3. The van der Waals surface area contributed by atoms with Crippen molar-refractivity contribution in [3.63, 3.8) is 0 Å². The Morgan fingerprint density at radius 1 is 1.03 bits per heavy atom. The van der Waals surface area contributed by atoms with E-state index >= 15 is 0 Å². The van der Waals surface area contributed by atoms with E-state index < -0.39 is 52.3 Å². The summed E-state index contributed by atoms with van der Waals surface area (Å²) in [5.41, 5.74) is -1.24. The number of carbonyl (C=O) groups excluding carboxylic acids is 1. The lowest BCUT2D eigenvalue weighted by Crippen LogP contribution is -2.38. The summed E-state index contributed by atoms with van der Waals surface area (Å²) < 4.78 is 81.8. The van der Waals surface area contributed by atoms with Crippen LogP contribution in [0.1, 0.15) is 16.7 Å². The molecule has 0 bridgehead atoms. The number of nitrogens with one attached hydrogen (secondary N) is 1. The summed E-state index contributed by atoms with van der Waals surface area (Å²) in [6.07, 6.45) is -4.83. The number of sulfonamides is 1. The lowest BCUT2D eigenvalue weighted by molar-refractivity contribution is -0.137. The van der Waals surface area contributed by atoms with E-state index in [1.807, 2.05) is 0 Å². The zero-order valence-corrected chi connectivity index (χ0v) is 20.4. The van der Waals surface area contributed by atoms with Gasteiger partial charge in [0, 0.05) is 22.2 Å². The summed E-state index contributed by atoms with van der Waals surface area (Å²) in [6, 6.07) is 12.2. The highest BCUT2D eigenvalue weighted by atomic mass is 35.5. The highest BCUT2D eigenvalue weighted by Gasteiger charge is 2.35. The number of carbonyl (C=O) groups is 1. The number of hydrogen-bond acceptors (Lipinski definition) is 3. The van der Waals surface area contributed by atoms with Gasteiger partial charge in [-0.1, -0.05) is 47.0 Å². The Labute approximate surface area is 209 Å². The molecule has 0 unspecified atom stereocenters. The van der Waals surface area contributed by atoms with Crippen molar-refractivity contribution in [2.24, 2.45) is 0 Å². The van der Waals surface area contributed by atoms with Crippen molar-refractivity contribution in [1.29, 1.82) is 0 Å². The highest BCUT2D eigenvalue weighted by Crippen LogP contribution is 2.36. The second-order valence-electron chi connectivity index (χ2n) is 7.52. The van der Waals surface area contributed by atoms with Gasteiger partial charge in [0.2, 0.25) is 15.9 Å². The molecule has 0 radical (unpaired) electrons. The maximum absolute atomic E-state index is 14.4. The smallest absolute Gasteiger partial charge is 0.324 e. The zero-order valence-electron chi connectivity index (χ0n) is 18.0. The first-order valence-electron chi connectivity index (χ1n) is 9.95. The molecule has 0 aromatic heterocycles. The van der Waals surface area contributed by atoms with Gasteiger partial charge in [0.25, 0.3) is 0 Å². The summed E-state index contributed by atoms with van der Waals surface area (Å²) in [7, 11) is -4.38. The van der Waals surface area contributed by atoms with E-state index in [1.54, 1.807) is 6.92 Å². The molecule has 0 atom stereocenters. The fourth-order valence-corrected chi connectivity index (χ4v) is 4.91. The summed E-state index contributed by atoms with van der Waals surface area (Å²) in [4.78, 5) is 12.5. The van der Waals surface area contributed by atoms with Crippen molar-refractivity contribution < 1.29 is 30.8 Å². The van der Waals surface area contributed by atoms with Crippen LogP contribution < -0.4 is 5.32 Å². The molecule has 186 valence electrons. The molecule has 3 rings (SSSR count). The van der Waals surface area contributed by atoms with Gasteiger partial charge in [-0.15, -0.1) is 0 Å². The predicted molar refractivity (Wildman–Crippen MR) is 125 cm³/mol. The maximum Gasteiger partial charge on any atom is 0.418 e. The van der Waals surface area contributed by atoms with E-state index in [4.69, 9.17) is 23.2 Å². The van der Waals surface area contributed by atoms with Gasteiger partial charge in [-0.25, -0.2) is 12.8 Å². The van der Waals surface area contributed by atoms with E-state index in [9.17, 15) is 30.8 Å². The van der Waals surface area contributed by atoms with Gasteiger partial charge in [0.15, 0.2) is 0 Å². The molecule has 0 fully saturated rings. The molecule has 12 heteroatoms. The minimum atomic E-state index is -4.83. The minimum Gasteiger partial charge on any atom is -0.324 e. The lowest BCUT2D eigenvalue weighted by atomic mass is 10.1. The van der Waals surface area contributed by atoms with Crippen molar-refractivity contribution in [3.8, 4) is 0 Å². The van der Waals surface area contributed by atoms with Gasteiger partial charge < -0.3 is 5.32 Å². The van der Waals surface area contributed by atoms with Crippen LogP contribution in [0.25, 0.3) is 0 Å². The van der Waals surface area contributed by atoms with Crippen LogP contribution in [-0.2, 0) is 27.5 Å². The molecule has 0 heterocycles. The van der Waals surface area contributed by atoms with Crippen LogP contribution in [0, 0.1) is 12.7 Å². The Kier molecular flexibility index (Phi) is 8.10. The average Bonchev–Trinajstić information content (AvgIpc) is 2.76. The fraction of sp³-hybridized carbons (Fsp3) is 0.174. The minimum absolute atomic E-state index is 0.0772. The van der Waals surface area contributed by atoms with Crippen molar-refractivity contribution in [3.05, 3.63) is 93.2 Å². The maximum atomic E-state index is 14.4. The van der Waals surface area contributed by atoms with Crippen LogP contribution in [-0.4, -0.2) is 25.2 Å². The molecule has 35 heavy (non-hydrogen) atoms. The number of halogens is 6. The molecule has 1 N–H and O–H groups in total. The number of rotatable bonds is 7.